The van der Waals surface area contributed by atoms with Crippen LogP contribution < -0.4 is 19.1 Å². The van der Waals surface area contributed by atoms with Gasteiger partial charge in [-0.05, 0) is 67.1 Å². The first-order chi connectivity index (χ1) is 17.9. The minimum atomic E-state index is -4.09. The van der Waals surface area contributed by atoms with E-state index in [1.165, 1.54) is 66.8 Å². The molecule has 0 saturated carbocycles. The second-order valence-corrected chi connectivity index (χ2v) is 11.2. The van der Waals surface area contributed by atoms with Crippen LogP contribution in [0.25, 0.3) is 10.2 Å². The Morgan fingerprint density at radius 2 is 1.89 bits per heavy atom. The number of carbonyl (C=O) groups excluding carboxylic acids is 1. The van der Waals surface area contributed by atoms with Gasteiger partial charge in [0.05, 0.1) is 35.9 Å². The Labute approximate surface area is 222 Å². The number of fused-ring (bicyclic) bond motifs is 1. The molecule has 0 aliphatic rings. The minimum Gasteiger partial charge on any atom is -0.497 e. The maximum absolute atomic E-state index is 12.7. The molecule has 0 unspecified atom stereocenters. The highest BCUT2D eigenvalue weighted by molar-refractivity contribution is 8.01. The fourth-order valence-corrected chi connectivity index (χ4v) is 5.90. The zero-order valence-electron chi connectivity index (χ0n) is 19.9. The van der Waals surface area contributed by atoms with Crippen molar-refractivity contribution in [3.63, 3.8) is 0 Å². The Balaban J connectivity index is 1.37. The quantitative estimate of drug-likeness (QED) is 0.122. The van der Waals surface area contributed by atoms with E-state index in [4.69, 9.17) is 13.7 Å². The monoisotopic (exact) mass is 557 g/mol. The van der Waals surface area contributed by atoms with Crippen molar-refractivity contribution in [2.45, 2.75) is 16.2 Å². The van der Waals surface area contributed by atoms with E-state index in [2.05, 4.69) is 15.5 Å². The van der Waals surface area contributed by atoms with Crippen LogP contribution in [0.5, 0.6) is 17.2 Å². The molecule has 0 atom stereocenters. The van der Waals surface area contributed by atoms with E-state index in [9.17, 15) is 13.2 Å². The van der Waals surface area contributed by atoms with Crippen LogP contribution in [0.1, 0.15) is 12.5 Å². The zero-order valence-corrected chi connectivity index (χ0v) is 22.4. The number of hydrazone groups is 1. The van der Waals surface area contributed by atoms with E-state index in [-0.39, 0.29) is 28.1 Å². The summed E-state index contributed by atoms with van der Waals surface area (Å²) >= 11 is 2.87. The number of thioether (sulfide) groups is 1. The maximum atomic E-state index is 12.7. The molecule has 0 fully saturated rings. The van der Waals surface area contributed by atoms with Crippen LogP contribution >= 0.6 is 23.1 Å². The van der Waals surface area contributed by atoms with Gasteiger partial charge in [-0.1, -0.05) is 23.9 Å². The molecule has 1 N–H and O–H groups in total. The molecule has 0 spiro atoms. The lowest BCUT2D eigenvalue weighted by atomic mass is 10.2. The molecule has 12 heteroatoms. The van der Waals surface area contributed by atoms with E-state index in [1.807, 2.05) is 24.3 Å². The van der Waals surface area contributed by atoms with Crippen molar-refractivity contribution >= 4 is 55.6 Å². The highest BCUT2D eigenvalue weighted by Gasteiger charge is 2.19. The molecule has 0 bridgehead atoms. The fraction of sp³-hybridized carbons (Fsp3) is 0.160. The summed E-state index contributed by atoms with van der Waals surface area (Å²) in [6.07, 6.45) is 1.44. The molecule has 1 amide bonds. The lowest BCUT2D eigenvalue weighted by Crippen LogP contribution is -2.19. The number of hydrogen-bond donors (Lipinski definition) is 1. The highest BCUT2D eigenvalue weighted by atomic mass is 32.2. The first-order valence-corrected chi connectivity index (χ1v) is 14.2. The first kappa shape index (κ1) is 26.5. The molecule has 3 aromatic carbocycles. The van der Waals surface area contributed by atoms with Gasteiger partial charge in [-0.25, -0.2) is 10.4 Å². The van der Waals surface area contributed by atoms with Gasteiger partial charge in [0.1, 0.15) is 10.6 Å². The third-order valence-corrected chi connectivity index (χ3v) is 8.25. The summed E-state index contributed by atoms with van der Waals surface area (Å²) in [6.45, 7) is 2.06. The molecule has 4 aromatic rings. The lowest BCUT2D eigenvalue weighted by Gasteiger charge is -2.12. The number of nitrogens with one attached hydrogen (secondary N) is 1. The average Bonchev–Trinajstić information content (AvgIpc) is 3.32. The van der Waals surface area contributed by atoms with Crippen molar-refractivity contribution in [3.8, 4) is 17.2 Å². The molecule has 192 valence electrons. The SMILES string of the molecule is CCOc1cc(/C=N\NC(=O)CSc2nc3ccccc3s2)ccc1OS(=O)(=O)c1ccc(OC)cc1. The molecule has 4 rings (SSSR count). The number of methoxy groups -OCH3 is 1. The van der Waals surface area contributed by atoms with Crippen molar-refractivity contribution < 1.29 is 26.9 Å². The predicted octanol–water partition coefficient (Wildman–Crippen LogP) is 4.71. The Kier molecular flexibility index (Phi) is 8.64. The number of ether oxygens (including phenoxy) is 2. The van der Waals surface area contributed by atoms with Gasteiger partial charge < -0.3 is 13.7 Å². The maximum Gasteiger partial charge on any atom is 0.339 e. The molecule has 9 nitrogen and oxygen atoms in total. The molecule has 0 saturated heterocycles. The summed E-state index contributed by atoms with van der Waals surface area (Å²) in [5.41, 5.74) is 3.96. The van der Waals surface area contributed by atoms with Crippen molar-refractivity contribution in [1.29, 1.82) is 0 Å². The summed E-state index contributed by atoms with van der Waals surface area (Å²) in [5.74, 6) is 0.667. The van der Waals surface area contributed by atoms with Crippen LogP contribution in [-0.2, 0) is 14.9 Å². The molecular weight excluding hydrogens is 534 g/mol. The Morgan fingerprint density at radius 1 is 1.11 bits per heavy atom. The third kappa shape index (κ3) is 7.00. The van der Waals surface area contributed by atoms with Crippen LogP contribution in [-0.4, -0.2) is 45.0 Å². The van der Waals surface area contributed by atoms with E-state index in [1.54, 1.807) is 19.1 Å². The number of para-hydroxylation sites is 1. The van der Waals surface area contributed by atoms with Gasteiger partial charge in [0, 0.05) is 0 Å². The zero-order chi connectivity index (χ0) is 26.3. The molecule has 0 aliphatic carbocycles. The Bertz CT molecular complexity index is 1490. The number of aromatic nitrogens is 1. The fourth-order valence-electron chi connectivity index (χ4n) is 3.10. The van der Waals surface area contributed by atoms with Crippen molar-refractivity contribution in [1.82, 2.24) is 10.4 Å². The van der Waals surface area contributed by atoms with E-state index >= 15 is 0 Å². The van der Waals surface area contributed by atoms with Crippen LogP contribution in [0.15, 0.2) is 81.1 Å². The molecule has 0 radical (unpaired) electrons. The second kappa shape index (κ2) is 12.1. The van der Waals surface area contributed by atoms with Crippen molar-refractivity contribution in [3.05, 3.63) is 72.3 Å². The molecule has 37 heavy (non-hydrogen) atoms. The van der Waals surface area contributed by atoms with Crippen LogP contribution in [0, 0.1) is 0 Å². The number of thiazole rings is 1. The Hall–Kier alpha value is -3.61. The van der Waals surface area contributed by atoms with Crippen LogP contribution in [0.4, 0.5) is 0 Å². The predicted molar refractivity (Wildman–Crippen MR) is 144 cm³/mol. The van der Waals surface area contributed by atoms with Crippen LogP contribution in [0.2, 0.25) is 0 Å². The lowest BCUT2D eigenvalue weighted by molar-refractivity contribution is -0.118. The normalized spacial score (nSPS) is 11.5. The summed E-state index contributed by atoms with van der Waals surface area (Å²) in [7, 11) is -2.60. The van der Waals surface area contributed by atoms with Crippen molar-refractivity contribution in [2.75, 3.05) is 19.5 Å². The molecular formula is C25H23N3O6S3. The van der Waals surface area contributed by atoms with E-state index in [0.29, 0.717) is 17.9 Å². The smallest absolute Gasteiger partial charge is 0.339 e. The summed E-state index contributed by atoms with van der Waals surface area (Å²) < 4.78 is 43.2. The van der Waals surface area contributed by atoms with Gasteiger partial charge in [0.2, 0.25) is 0 Å². The van der Waals surface area contributed by atoms with E-state index < -0.39 is 10.1 Å². The standard InChI is InChI=1S/C25H23N3O6S3/c1-3-33-22-14-17(8-13-21(22)34-37(30,31)19-11-9-18(32-2)10-12-19)15-26-28-24(29)16-35-25-27-20-6-4-5-7-23(20)36-25/h4-15H,3,16H2,1-2H3,(H,28,29)/b26-15-. The number of hydrogen-bond acceptors (Lipinski definition) is 10. The molecule has 1 heterocycles. The number of carbonyl (C=O) groups is 1. The van der Waals surface area contributed by atoms with Gasteiger partial charge in [-0.2, -0.15) is 13.5 Å². The Morgan fingerprint density at radius 3 is 2.62 bits per heavy atom. The number of nitrogens with zero attached hydrogens (tertiary/aromatic N) is 2. The van der Waals surface area contributed by atoms with Crippen molar-refractivity contribution in [2.24, 2.45) is 5.10 Å². The summed E-state index contributed by atoms with van der Waals surface area (Å²) in [5, 5.41) is 3.98. The minimum absolute atomic E-state index is 0.0205. The van der Waals surface area contributed by atoms with Gasteiger partial charge >= 0.3 is 10.1 Å². The molecule has 0 aliphatic heterocycles. The first-order valence-electron chi connectivity index (χ1n) is 11.0. The van der Waals surface area contributed by atoms with Gasteiger partial charge in [-0.15, -0.1) is 11.3 Å². The number of amides is 1. The van der Waals surface area contributed by atoms with Crippen LogP contribution in [0.3, 0.4) is 0 Å². The number of rotatable bonds is 11. The third-order valence-electron chi connectivity index (χ3n) is 4.82. The van der Waals surface area contributed by atoms with Gasteiger partial charge in [0.25, 0.3) is 5.91 Å². The summed E-state index contributed by atoms with van der Waals surface area (Å²) in [4.78, 5) is 16.7. The van der Waals surface area contributed by atoms with E-state index in [0.717, 1.165) is 14.6 Å². The average molecular weight is 558 g/mol. The topological polar surface area (TPSA) is 116 Å². The second-order valence-electron chi connectivity index (χ2n) is 7.38. The highest BCUT2D eigenvalue weighted by Crippen LogP contribution is 2.31. The summed E-state index contributed by atoms with van der Waals surface area (Å²) in [6, 6.07) is 18.3. The van der Waals surface area contributed by atoms with Gasteiger partial charge in [0.15, 0.2) is 15.8 Å². The van der Waals surface area contributed by atoms with Gasteiger partial charge in [-0.3, -0.25) is 4.79 Å². The number of benzene rings is 3. The largest absolute Gasteiger partial charge is 0.497 e. The molecule has 1 aromatic heterocycles.